The topological polar surface area (TPSA) is 119 Å². The zero-order chi connectivity index (χ0) is 20.8. The van der Waals surface area contributed by atoms with Crippen LogP contribution in [-0.2, 0) is 35.2 Å². The van der Waals surface area contributed by atoms with Crippen molar-refractivity contribution in [3.63, 3.8) is 0 Å². The van der Waals surface area contributed by atoms with Crippen LogP contribution < -0.4 is 4.74 Å². The zero-order valence-corrected chi connectivity index (χ0v) is 15.8. The van der Waals surface area contributed by atoms with Crippen molar-refractivity contribution in [2.45, 2.75) is 19.4 Å². The van der Waals surface area contributed by atoms with Crippen molar-refractivity contribution in [2.75, 3.05) is 21.3 Å². The standard InChI is InChI=1S/C19H21NO8/c1-26-13-6-4-11(5-7-13)10-20-16(19(25)28-3)14(18(24)27-2)8-12(17(20)23)9-15(21)22/h4-7,12H,8-10H2,1-3H3,(H,21,22). The minimum atomic E-state index is -1.19. The lowest BCUT2D eigenvalue weighted by molar-refractivity contribution is -0.150. The lowest BCUT2D eigenvalue weighted by Crippen LogP contribution is -2.44. The minimum Gasteiger partial charge on any atom is -0.497 e. The number of ether oxygens (including phenoxy) is 3. The van der Waals surface area contributed by atoms with Gasteiger partial charge >= 0.3 is 17.9 Å². The smallest absolute Gasteiger partial charge is 0.355 e. The fourth-order valence-electron chi connectivity index (χ4n) is 3.00. The highest BCUT2D eigenvalue weighted by Gasteiger charge is 2.41. The molecule has 1 amide bonds. The van der Waals surface area contributed by atoms with Gasteiger partial charge in [0.05, 0.1) is 45.8 Å². The van der Waals surface area contributed by atoms with Gasteiger partial charge < -0.3 is 24.2 Å². The van der Waals surface area contributed by atoms with E-state index in [4.69, 9.17) is 19.3 Å². The molecule has 1 heterocycles. The van der Waals surface area contributed by atoms with Gasteiger partial charge in [0.25, 0.3) is 0 Å². The summed E-state index contributed by atoms with van der Waals surface area (Å²) in [6, 6.07) is 6.75. The monoisotopic (exact) mass is 391 g/mol. The van der Waals surface area contributed by atoms with Gasteiger partial charge in [0.2, 0.25) is 5.91 Å². The Labute approximate surface area is 161 Å². The number of methoxy groups -OCH3 is 3. The quantitative estimate of drug-likeness (QED) is 0.687. The highest BCUT2D eigenvalue weighted by molar-refractivity contribution is 6.05. The SMILES string of the molecule is COC(=O)C1=C(C(=O)OC)N(Cc2ccc(OC)cc2)C(=O)C(CC(=O)O)C1. The van der Waals surface area contributed by atoms with Gasteiger partial charge in [0.15, 0.2) is 0 Å². The van der Waals surface area contributed by atoms with Crippen molar-refractivity contribution in [3.8, 4) is 5.75 Å². The summed E-state index contributed by atoms with van der Waals surface area (Å²) in [6.07, 6.45) is -0.700. The number of hydrogen-bond acceptors (Lipinski definition) is 7. The molecule has 1 atom stereocenters. The molecule has 2 rings (SSSR count). The number of carbonyl (C=O) groups excluding carboxylic acids is 3. The van der Waals surface area contributed by atoms with Gasteiger partial charge in [-0.2, -0.15) is 0 Å². The second-order valence-electron chi connectivity index (χ2n) is 6.08. The molecule has 0 bridgehead atoms. The summed E-state index contributed by atoms with van der Waals surface area (Å²) in [6.45, 7) is -0.0517. The molecule has 1 unspecified atom stereocenters. The normalized spacial score (nSPS) is 16.6. The van der Waals surface area contributed by atoms with Crippen LogP contribution in [0.25, 0.3) is 0 Å². The average Bonchev–Trinajstić information content (AvgIpc) is 2.69. The van der Waals surface area contributed by atoms with E-state index in [0.717, 1.165) is 19.1 Å². The Morgan fingerprint density at radius 1 is 1.07 bits per heavy atom. The van der Waals surface area contributed by atoms with Crippen LogP contribution >= 0.6 is 0 Å². The van der Waals surface area contributed by atoms with Gasteiger partial charge in [-0.15, -0.1) is 0 Å². The molecule has 150 valence electrons. The molecule has 0 aromatic heterocycles. The Hall–Kier alpha value is -3.36. The maximum absolute atomic E-state index is 12.9. The number of carbonyl (C=O) groups is 4. The van der Waals surface area contributed by atoms with E-state index in [0.29, 0.717) is 11.3 Å². The van der Waals surface area contributed by atoms with Crippen LogP contribution in [0.15, 0.2) is 35.5 Å². The van der Waals surface area contributed by atoms with E-state index in [2.05, 4.69) is 0 Å². The Balaban J connectivity index is 2.52. The van der Waals surface area contributed by atoms with Crippen LogP contribution in [0.2, 0.25) is 0 Å². The first-order chi connectivity index (χ1) is 13.3. The molecule has 1 N–H and O–H groups in total. The predicted octanol–water partition coefficient (Wildman–Crippen LogP) is 1.12. The number of nitrogens with zero attached hydrogens (tertiary/aromatic N) is 1. The molecule has 1 aromatic carbocycles. The lowest BCUT2D eigenvalue weighted by Gasteiger charge is -2.33. The van der Waals surface area contributed by atoms with Gasteiger partial charge in [-0.05, 0) is 24.1 Å². The molecule has 1 aliphatic rings. The second-order valence-corrected chi connectivity index (χ2v) is 6.08. The summed E-state index contributed by atoms with van der Waals surface area (Å²) < 4.78 is 14.6. The molecule has 0 radical (unpaired) electrons. The number of aliphatic carboxylic acids is 1. The Kier molecular flexibility index (Phi) is 6.75. The molecule has 28 heavy (non-hydrogen) atoms. The molecular formula is C19H21NO8. The second kappa shape index (κ2) is 9.03. The van der Waals surface area contributed by atoms with Crippen molar-refractivity contribution < 1.29 is 38.5 Å². The maximum atomic E-state index is 12.9. The van der Waals surface area contributed by atoms with E-state index in [9.17, 15) is 19.2 Å². The Morgan fingerprint density at radius 3 is 2.18 bits per heavy atom. The number of carboxylic acid groups (broad SMARTS) is 1. The van der Waals surface area contributed by atoms with Gasteiger partial charge in [-0.1, -0.05) is 12.1 Å². The molecule has 0 fully saturated rings. The Morgan fingerprint density at radius 2 is 1.68 bits per heavy atom. The highest BCUT2D eigenvalue weighted by atomic mass is 16.5. The molecule has 0 saturated carbocycles. The molecule has 9 heteroatoms. The summed E-state index contributed by atoms with van der Waals surface area (Å²) in [5.41, 5.74) is 0.321. The van der Waals surface area contributed by atoms with Crippen molar-refractivity contribution in [1.29, 1.82) is 0 Å². The summed E-state index contributed by atoms with van der Waals surface area (Å²) in [5, 5.41) is 9.11. The van der Waals surface area contributed by atoms with Crippen molar-refractivity contribution in [3.05, 3.63) is 41.1 Å². The first kappa shape index (κ1) is 20.9. The van der Waals surface area contributed by atoms with E-state index < -0.39 is 36.2 Å². The number of benzene rings is 1. The zero-order valence-electron chi connectivity index (χ0n) is 15.8. The third kappa shape index (κ3) is 4.48. The third-order valence-electron chi connectivity index (χ3n) is 4.35. The van der Waals surface area contributed by atoms with Crippen LogP contribution in [0.4, 0.5) is 0 Å². The lowest BCUT2D eigenvalue weighted by atomic mass is 9.88. The number of carboxylic acids is 1. The number of rotatable bonds is 7. The first-order valence-electron chi connectivity index (χ1n) is 8.38. The van der Waals surface area contributed by atoms with Crippen LogP contribution in [-0.4, -0.2) is 55.2 Å². The fraction of sp³-hybridized carbons (Fsp3) is 0.368. The van der Waals surface area contributed by atoms with Crippen molar-refractivity contribution in [2.24, 2.45) is 5.92 Å². The van der Waals surface area contributed by atoms with Gasteiger partial charge in [0, 0.05) is 0 Å². The molecule has 1 aromatic rings. The van der Waals surface area contributed by atoms with E-state index in [1.165, 1.54) is 7.11 Å². The van der Waals surface area contributed by atoms with Crippen molar-refractivity contribution >= 4 is 23.8 Å². The molecule has 0 spiro atoms. The number of esters is 2. The summed E-state index contributed by atoms with van der Waals surface area (Å²) >= 11 is 0. The summed E-state index contributed by atoms with van der Waals surface area (Å²) in [4.78, 5) is 49.7. The fourth-order valence-corrected chi connectivity index (χ4v) is 3.00. The molecule has 0 aliphatic carbocycles. The van der Waals surface area contributed by atoms with E-state index in [-0.39, 0.29) is 24.2 Å². The van der Waals surface area contributed by atoms with Gasteiger partial charge in [-0.3, -0.25) is 9.59 Å². The maximum Gasteiger partial charge on any atom is 0.355 e. The highest BCUT2D eigenvalue weighted by Crippen LogP contribution is 2.32. The number of amides is 1. The Bertz CT molecular complexity index is 812. The predicted molar refractivity (Wildman–Crippen MR) is 95.0 cm³/mol. The summed E-state index contributed by atoms with van der Waals surface area (Å²) in [5.74, 6) is -3.85. The van der Waals surface area contributed by atoms with Crippen LogP contribution in [0.5, 0.6) is 5.75 Å². The van der Waals surface area contributed by atoms with Gasteiger partial charge in [0.1, 0.15) is 11.4 Å². The largest absolute Gasteiger partial charge is 0.497 e. The van der Waals surface area contributed by atoms with Crippen LogP contribution in [0.3, 0.4) is 0 Å². The van der Waals surface area contributed by atoms with Gasteiger partial charge in [-0.25, -0.2) is 9.59 Å². The van der Waals surface area contributed by atoms with E-state index >= 15 is 0 Å². The molecule has 0 saturated heterocycles. The first-order valence-corrected chi connectivity index (χ1v) is 8.38. The number of hydrogen-bond donors (Lipinski definition) is 1. The van der Waals surface area contributed by atoms with E-state index in [1.807, 2.05) is 0 Å². The molecule has 9 nitrogen and oxygen atoms in total. The van der Waals surface area contributed by atoms with Crippen molar-refractivity contribution in [1.82, 2.24) is 4.90 Å². The average molecular weight is 391 g/mol. The molecule has 1 aliphatic heterocycles. The van der Waals surface area contributed by atoms with E-state index in [1.54, 1.807) is 24.3 Å². The van der Waals surface area contributed by atoms with Crippen LogP contribution in [0, 0.1) is 5.92 Å². The van der Waals surface area contributed by atoms with Crippen LogP contribution in [0.1, 0.15) is 18.4 Å². The third-order valence-corrected chi connectivity index (χ3v) is 4.35. The molecular weight excluding hydrogens is 370 g/mol. The summed E-state index contributed by atoms with van der Waals surface area (Å²) in [7, 11) is 3.78. The minimum absolute atomic E-state index is 0.0517.